The van der Waals surface area contributed by atoms with Crippen LogP contribution >= 0.6 is 0 Å². The molecule has 5 heteroatoms. The molecule has 0 aliphatic rings. The van der Waals surface area contributed by atoms with E-state index in [0.717, 1.165) is 0 Å². The molecule has 0 atom stereocenters. The Morgan fingerprint density at radius 2 is 2.00 bits per heavy atom. The summed E-state index contributed by atoms with van der Waals surface area (Å²) in [6.07, 6.45) is 1.32. The first-order valence-electron chi connectivity index (χ1n) is 4.20. The lowest BCUT2D eigenvalue weighted by atomic mass is 10.2. The Bertz CT molecular complexity index is 314. The van der Waals surface area contributed by atoms with Gasteiger partial charge in [0.1, 0.15) is 0 Å². The Morgan fingerprint density at radius 1 is 1.29 bits per heavy atom. The first-order chi connectivity index (χ1) is 6.76. The van der Waals surface area contributed by atoms with Gasteiger partial charge < -0.3 is 9.47 Å². The van der Waals surface area contributed by atoms with Gasteiger partial charge >= 0.3 is 6.01 Å². The second-order valence-electron chi connectivity index (χ2n) is 2.55. The van der Waals surface area contributed by atoms with Crippen LogP contribution in [0, 0.1) is 0 Å². The van der Waals surface area contributed by atoms with Gasteiger partial charge in [0.05, 0.1) is 25.5 Å². The summed E-state index contributed by atoms with van der Waals surface area (Å²) in [5.41, 5.74) is 1.01. The highest BCUT2D eigenvalue weighted by molar-refractivity contribution is 5.79. The van der Waals surface area contributed by atoms with Crippen LogP contribution in [0.15, 0.2) is 0 Å². The summed E-state index contributed by atoms with van der Waals surface area (Å²) < 4.78 is 9.84. The molecule has 0 radical (unpaired) electrons. The van der Waals surface area contributed by atoms with Gasteiger partial charge in [-0.1, -0.05) is 6.92 Å². The Hall–Kier alpha value is -1.65. The number of carbonyl (C=O) groups excluding carboxylic acids is 1. The minimum atomic E-state index is 0.212. The van der Waals surface area contributed by atoms with Gasteiger partial charge in [-0.05, 0) is 6.42 Å². The van der Waals surface area contributed by atoms with Crippen LogP contribution < -0.4 is 9.47 Å². The molecule has 76 valence electrons. The Balaban J connectivity index is 3.31. The topological polar surface area (TPSA) is 61.3 Å². The minimum absolute atomic E-state index is 0.212. The summed E-state index contributed by atoms with van der Waals surface area (Å²) in [6, 6.07) is 0.212. The fourth-order valence-electron chi connectivity index (χ4n) is 1.11. The van der Waals surface area contributed by atoms with E-state index in [4.69, 9.17) is 9.47 Å². The van der Waals surface area contributed by atoms with Gasteiger partial charge in [-0.25, -0.2) is 0 Å². The molecule has 0 aromatic carbocycles. The molecule has 0 spiro atoms. The SMILES string of the molecule is CCc1nc(OC)nc(OC)c1C=O. The summed E-state index contributed by atoms with van der Waals surface area (Å²) in [5.74, 6) is 0.253. The predicted molar refractivity (Wildman–Crippen MR) is 49.9 cm³/mol. The summed E-state index contributed by atoms with van der Waals surface area (Å²) in [6.45, 7) is 1.90. The highest BCUT2D eigenvalue weighted by Gasteiger charge is 2.13. The number of aryl methyl sites for hydroxylation is 1. The minimum Gasteiger partial charge on any atom is -0.480 e. The Kier molecular flexibility index (Phi) is 3.39. The van der Waals surface area contributed by atoms with Crippen LogP contribution in [0.1, 0.15) is 23.0 Å². The lowest BCUT2D eigenvalue weighted by Gasteiger charge is -2.07. The molecular weight excluding hydrogens is 184 g/mol. The fourth-order valence-corrected chi connectivity index (χ4v) is 1.11. The standard InChI is InChI=1S/C9H12N2O3/c1-4-7-6(5-12)8(13-2)11-9(10-7)14-3/h5H,4H2,1-3H3. The Labute approximate surface area is 82.1 Å². The van der Waals surface area contributed by atoms with Crippen molar-refractivity contribution in [2.45, 2.75) is 13.3 Å². The zero-order valence-corrected chi connectivity index (χ0v) is 8.40. The molecule has 0 bridgehead atoms. The van der Waals surface area contributed by atoms with Crippen LogP contribution in [0.4, 0.5) is 0 Å². The maximum Gasteiger partial charge on any atom is 0.319 e. The lowest BCUT2D eigenvalue weighted by molar-refractivity contribution is 0.111. The quantitative estimate of drug-likeness (QED) is 0.668. The highest BCUT2D eigenvalue weighted by atomic mass is 16.5. The first-order valence-corrected chi connectivity index (χ1v) is 4.20. The molecule has 0 aliphatic carbocycles. The average molecular weight is 196 g/mol. The number of hydrogen-bond donors (Lipinski definition) is 0. The van der Waals surface area contributed by atoms with Crippen molar-refractivity contribution in [1.29, 1.82) is 0 Å². The first kappa shape index (κ1) is 10.4. The Morgan fingerprint density at radius 3 is 2.43 bits per heavy atom. The van der Waals surface area contributed by atoms with Crippen molar-refractivity contribution in [2.75, 3.05) is 14.2 Å². The van der Waals surface area contributed by atoms with Crippen LogP contribution in [0.3, 0.4) is 0 Å². The molecule has 0 saturated carbocycles. The van der Waals surface area contributed by atoms with Crippen LogP contribution in [-0.4, -0.2) is 30.5 Å². The number of ether oxygens (including phenoxy) is 2. The molecule has 0 amide bonds. The van der Waals surface area contributed by atoms with Crippen LogP contribution in [0.2, 0.25) is 0 Å². The van der Waals surface area contributed by atoms with E-state index in [1.54, 1.807) is 0 Å². The van der Waals surface area contributed by atoms with Crippen molar-refractivity contribution in [1.82, 2.24) is 9.97 Å². The number of hydrogen-bond acceptors (Lipinski definition) is 5. The third-order valence-electron chi connectivity index (χ3n) is 1.80. The number of carbonyl (C=O) groups is 1. The zero-order valence-electron chi connectivity index (χ0n) is 8.40. The van der Waals surface area contributed by atoms with E-state index >= 15 is 0 Å². The molecule has 0 N–H and O–H groups in total. The van der Waals surface area contributed by atoms with Gasteiger partial charge in [0.15, 0.2) is 6.29 Å². The summed E-state index contributed by atoms with van der Waals surface area (Å²) in [4.78, 5) is 18.7. The number of rotatable bonds is 4. The van der Waals surface area contributed by atoms with Crippen molar-refractivity contribution in [3.8, 4) is 11.9 Å². The summed E-state index contributed by atoms with van der Waals surface area (Å²) >= 11 is 0. The van der Waals surface area contributed by atoms with Crippen molar-refractivity contribution in [2.24, 2.45) is 0 Å². The molecular formula is C9H12N2O3. The molecule has 1 aromatic rings. The monoisotopic (exact) mass is 196 g/mol. The number of aldehydes is 1. The van der Waals surface area contributed by atoms with E-state index < -0.39 is 0 Å². The average Bonchev–Trinajstić information content (AvgIpc) is 2.26. The van der Waals surface area contributed by atoms with E-state index in [1.165, 1.54) is 14.2 Å². The van der Waals surface area contributed by atoms with E-state index in [0.29, 0.717) is 24.0 Å². The molecule has 0 fully saturated rings. The van der Waals surface area contributed by atoms with Gasteiger partial charge in [-0.2, -0.15) is 9.97 Å². The fraction of sp³-hybridized carbons (Fsp3) is 0.444. The van der Waals surface area contributed by atoms with Gasteiger partial charge in [0.2, 0.25) is 5.88 Å². The molecule has 0 aliphatic heterocycles. The molecule has 1 aromatic heterocycles. The second kappa shape index (κ2) is 4.55. The third kappa shape index (κ3) is 1.81. The van der Waals surface area contributed by atoms with Gasteiger partial charge in [-0.3, -0.25) is 4.79 Å². The van der Waals surface area contributed by atoms with E-state index in [-0.39, 0.29) is 11.9 Å². The predicted octanol–water partition coefficient (Wildman–Crippen LogP) is 0.869. The normalized spacial score (nSPS) is 9.64. The van der Waals surface area contributed by atoms with E-state index in [1.807, 2.05) is 6.92 Å². The summed E-state index contributed by atoms with van der Waals surface area (Å²) in [5, 5.41) is 0. The smallest absolute Gasteiger partial charge is 0.319 e. The van der Waals surface area contributed by atoms with E-state index in [2.05, 4.69) is 9.97 Å². The molecule has 0 saturated heterocycles. The van der Waals surface area contributed by atoms with Crippen LogP contribution in [0.25, 0.3) is 0 Å². The number of aromatic nitrogens is 2. The second-order valence-corrected chi connectivity index (χ2v) is 2.55. The number of methoxy groups -OCH3 is 2. The molecule has 1 rings (SSSR count). The van der Waals surface area contributed by atoms with Gasteiger partial charge in [0.25, 0.3) is 0 Å². The van der Waals surface area contributed by atoms with Crippen molar-refractivity contribution in [3.05, 3.63) is 11.3 Å². The highest BCUT2D eigenvalue weighted by Crippen LogP contribution is 2.19. The molecule has 14 heavy (non-hydrogen) atoms. The maximum absolute atomic E-state index is 10.8. The molecule has 0 unspecified atom stereocenters. The van der Waals surface area contributed by atoms with Gasteiger partial charge in [0, 0.05) is 0 Å². The van der Waals surface area contributed by atoms with E-state index in [9.17, 15) is 4.79 Å². The molecule has 1 heterocycles. The van der Waals surface area contributed by atoms with Gasteiger partial charge in [-0.15, -0.1) is 0 Å². The third-order valence-corrected chi connectivity index (χ3v) is 1.80. The largest absolute Gasteiger partial charge is 0.480 e. The number of nitrogens with zero attached hydrogens (tertiary/aromatic N) is 2. The van der Waals surface area contributed by atoms with Crippen LogP contribution in [-0.2, 0) is 6.42 Å². The zero-order chi connectivity index (χ0) is 10.6. The lowest BCUT2D eigenvalue weighted by Crippen LogP contribution is -2.04. The van der Waals surface area contributed by atoms with Crippen molar-refractivity contribution in [3.63, 3.8) is 0 Å². The molecule has 5 nitrogen and oxygen atoms in total. The van der Waals surface area contributed by atoms with Crippen LogP contribution in [0.5, 0.6) is 11.9 Å². The maximum atomic E-state index is 10.8. The van der Waals surface area contributed by atoms with Crippen molar-refractivity contribution >= 4 is 6.29 Å². The van der Waals surface area contributed by atoms with Crippen molar-refractivity contribution < 1.29 is 14.3 Å². The summed E-state index contributed by atoms with van der Waals surface area (Å²) in [7, 11) is 2.92.